The van der Waals surface area contributed by atoms with Crippen LogP contribution >= 0.6 is 12.2 Å². The topological polar surface area (TPSA) is 67.2 Å². The Morgan fingerprint density at radius 2 is 2.22 bits per heavy atom. The van der Waals surface area contributed by atoms with Gasteiger partial charge in [-0.1, -0.05) is 6.07 Å². The van der Waals surface area contributed by atoms with Gasteiger partial charge in [0.1, 0.15) is 5.82 Å². The van der Waals surface area contributed by atoms with Crippen molar-refractivity contribution in [2.45, 2.75) is 6.92 Å². The largest absolute Gasteiger partial charge is 0.459 e. The van der Waals surface area contributed by atoms with Crippen LogP contribution in [0.4, 0.5) is 5.82 Å². The zero-order valence-corrected chi connectivity index (χ0v) is 10.5. The van der Waals surface area contributed by atoms with Crippen LogP contribution in [-0.4, -0.2) is 16.0 Å². The molecule has 0 fully saturated rings. The number of nitrogens with zero attached hydrogens (tertiary/aromatic N) is 1. The number of nitrogens with one attached hydrogen (secondary N) is 2. The summed E-state index contributed by atoms with van der Waals surface area (Å²) in [6.07, 6.45) is 3.07. The normalized spacial score (nSPS) is 9.83. The van der Waals surface area contributed by atoms with Gasteiger partial charge in [0.2, 0.25) is 0 Å². The van der Waals surface area contributed by atoms with E-state index in [4.69, 9.17) is 16.6 Å². The Hall–Kier alpha value is -2.21. The highest BCUT2D eigenvalue weighted by Gasteiger charge is 2.10. The summed E-state index contributed by atoms with van der Waals surface area (Å²) in [7, 11) is 0. The van der Waals surface area contributed by atoms with E-state index >= 15 is 0 Å². The summed E-state index contributed by atoms with van der Waals surface area (Å²) in [6.45, 7) is 1.90. The van der Waals surface area contributed by atoms with Crippen molar-refractivity contribution < 1.29 is 9.21 Å². The van der Waals surface area contributed by atoms with Crippen molar-refractivity contribution in [1.29, 1.82) is 0 Å². The molecule has 0 atom stereocenters. The number of furan rings is 1. The third kappa shape index (κ3) is 2.92. The number of carbonyl (C=O) groups is 1. The SMILES string of the molecule is Cc1cccnc1NC(=S)NC(=O)c1ccco1. The van der Waals surface area contributed by atoms with Gasteiger partial charge >= 0.3 is 0 Å². The van der Waals surface area contributed by atoms with Gasteiger partial charge in [-0.25, -0.2) is 4.98 Å². The molecule has 2 aromatic heterocycles. The van der Waals surface area contributed by atoms with Crippen molar-refractivity contribution in [3.05, 3.63) is 48.0 Å². The molecule has 0 aliphatic carbocycles. The second-order valence-electron chi connectivity index (χ2n) is 3.55. The van der Waals surface area contributed by atoms with Crippen LogP contribution in [0.1, 0.15) is 16.1 Å². The van der Waals surface area contributed by atoms with Crippen LogP contribution in [-0.2, 0) is 0 Å². The number of hydrogen-bond acceptors (Lipinski definition) is 4. The van der Waals surface area contributed by atoms with E-state index in [1.165, 1.54) is 6.26 Å². The molecular weight excluding hydrogens is 250 g/mol. The molecule has 2 rings (SSSR count). The molecule has 2 aromatic rings. The Morgan fingerprint density at radius 1 is 1.39 bits per heavy atom. The number of aryl methyl sites for hydroxylation is 1. The molecule has 0 saturated carbocycles. The van der Waals surface area contributed by atoms with Crippen LogP contribution in [0.15, 0.2) is 41.1 Å². The Morgan fingerprint density at radius 3 is 2.89 bits per heavy atom. The van der Waals surface area contributed by atoms with E-state index in [2.05, 4.69) is 15.6 Å². The summed E-state index contributed by atoms with van der Waals surface area (Å²) >= 11 is 5.02. The molecule has 0 aliphatic heterocycles. The molecule has 2 heterocycles. The van der Waals surface area contributed by atoms with E-state index in [0.29, 0.717) is 5.82 Å². The lowest BCUT2D eigenvalue weighted by atomic mass is 10.3. The first kappa shape index (κ1) is 12.3. The molecule has 6 heteroatoms. The van der Waals surface area contributed by atoms with Gasteiger partial charge in [0, 0.05) is 6.20 Å². The van der Waals surface area contributed by atoms with Crippen molar-refractivity contribution in [2.24, 2.45) is 0 Å². The zero-order chi connectivity index (χ0) is 13.0. The molecule has 0 unspecified atom stereocenters. The number of pyridine rings is 1. The van der Waals surface area contributed by atoms with Gasteiger partial charge in [-0.05, 0) is 42.9 Å². The third-order valence-electron chi connectivity index (χ3n) is 2.21. The molecule has 5 nitrogen and oxygen atoms in total. The van der Waals surface area contributed by atoms with Crippen molar-refractivity contribution in [1.82, 2.24) is 10.3 Å². The Bertz CT molecular complexity index is 566. The van der Waals surface area contributed by atoms with Crippen LogP contribution in [0.25, 0.3) is 0 Å². The number of carbonyl (C=O) groups excluding carboxylic acids is 1. The van der Waals surface area contributed by atoms with Crippen LogP contribution in [0.3, 0.4) is 0 Å². The second kappa shape index (κ2) is 5.42. The van der Waals surface area contributed by atoms with Crippen molar-refractivity contribution in [3.8, 4) is 0 Å². The fourth-order valence-electron chi connectivity index (χ4n) is 1.33. The first-order chi connectivity index (χ1) is 8.66. The van der Waals surface area contributed by atoms with E-state index in [-0.39, 0.29) is 10.9 Å². The quantitative estimate of drug-likeness (QED) is 0.810. The van der Waals surface area contributed by atoms with Crippen molar-refractivity contribution >= 4 is 29.1 Å². The van der Waals surface area contributed by atoms with Crippen LogP contribution in [0.5, 0.6) is 0 Å². The van der Waals surface area contributed by atoms with E-state index in [0.717, 1.165) is 5.56 Å². The maximum absolute atomic E-state index is 11.6. The molecule has 1 amide bonds. The minimum Gasteiger partial charge on any atom is -0.459 e. The van der Waals surface area contributed by atoms with Gasteiger partial charge in [0.15, 0.2) is 10.9 Å². The predicted octanol–water partition coefficient (Wildman–Crippen LogP) is 2.11. The average Bonchev–Trinajstić information content (AvgIpc) is 2.85. The highest BCUT2D eigenvalue weighted by atomic mass is 32.1. The van der Waals surface area contributed by atoms with Crippen LogP contribution in [0, 0.1) is 6.92 Å². The molecule has 0 saturated heterocycles. The summed E-state index contributed by atoms with van der Waals surface area (Å²) < 4.78 is 4.96. The summed E-state index contributed by atoms with van der Waals surface area (Å²) in [4.78, 5) is 15.8. The van der Waals surface area contributed by atoms with Gasteiger partial charge in [0.05, 0.1) is 6.26 Å². The van der Waals surface area contributed by atoms with Crippen LogP contribution in [0.2, 0.25) is 0 Å². The summed E-state index contributed by atoms with van der Waals surface area (Å²) in [5.41, 5.74) is 0.937. The summed E-state index contributed by atoms with van der Waals surface area (Å²) in [5.74, 6) is 0.422. The minimum absolute atomic E-state index is 0.179. The number of anilines is 1. The number of aromatic nitrogens is 1. The molecular formula is C12H11N3O2S. The number of hydrogen-bond donors (Lipinski definition) is 2. The lowest BCUT2D eigenvalue weighted by Crippen LogP contribution is -2.34. The summed E-state index contributed by atoms with van der Waals surface area (Å²) in [5, 5.41) is 5.53. The molecule has 0 radical (unpaired) electrons. The molecule has 2 N–H and O–H groups in total. The van der Waals surface area contributed by atoms with Gasteiger partial charge in [-0.3, -0.25) is 10.1 Å². The first-order valence-corrected chi connectivity index (χ1v) is 5.65. The smallest absolute Gasteiger partial charge is 0.293 e. The molecule has 0 bridgehead atoms. The monoisotopic (exact) mass is 261 g/mol. The predicted molar refractivity (Wildman–Crippen MR) is 71.4 cm³/mol. The maximum Gasteiger partial charge on any atom is 0.293 e. The maximum atomic E-state index is 11.6. The van der Waals surface area contributed by atoms with E-state index < -0.39 is 5.91 Å². The van der Waals surface area contributed by atoms with Gasteiger partial charge < -0.3 is 9.73 Å². The Kier molecular flexibility index (Phi) is 3.69. The van der Waals surface area contributed by atoms with Crippen molar-refractivity contribution in [3.63, 3.8) is 0 Å². The minimum atomic E-state index is -0.397. The van der Waals surface area contributed by atoms with Gasteiger partial charge in [0.25, 0.3) is 5.91 Å². The van der Waals surface area contributed by atoms with E-state index in [9.17, 15) is 4.79 Å². The second-order valence-corrected chi connectivity index (χ2v) is 3.96. The number of rotatable bonds is 2. The number of amides is 1. The van der Waals surface area contributed by atoms with E-state index in [1.54, 1.807) is 18.3 Å². The van der Waals surface area contributed by atoms with Crippen molar-refractivity contribution in [2.75, 3.05) is 5.32 Å². The molecule has 0 spiro atoms. The molecule has 18 heavy (non-hydrogen) atoms. The van der Waals surface area contributed by atoms with Crippen LogP contribution < -0.4 is 10.6 Å². The van der Waals surface area contributed by atoms with E-state index in [1.807, 2.05) is 19.1 Å². The lowest BCUT2D eigenvalue weighted by molar-refractivity contribution is 0.0950. The highest BCUT2D eigenvalue weighted by molar-refractivity contribution is 7.80. The Balaban J connectivity index is 1.98. The Labute approximate surface area is 109 Å². The van der Waals surface area contributed by atoms with Gasteiger partial charge in [-0.15, -0.1) is 0 Å². The standard InChI is InChI=1S/C12H11N3O2S/c1-8-4-2-6-13-10(8)14-12(18)15-11(16)9-5-3-7-17-9/h2-7H,1H3,(H2,13,14,15,16,18). The molecule has 92 valence electrons. The fraction of sp³-hybridized carbons (Fsp3) is 0.0833. The fourth-order valence-corrected chi connectivity index (χ4v) is 1.52. The summed E-state index contributed by atoms with van der Waals surface area (Å²) in [6, 6.07) is 6.91. The highest BCUT2D eigenvalue weighted by Crippen LogP contribution is 2.08. The average molecular weight is 261 g/mol. The lowest BCUT2D eigenvalue weighted by Gasteiger charge is -2.09. The first-order valence-electron chi connectivity index (χ1n) is 5.24. The third-order valence-corrected chi connectivity index (χ3v) is 2.42. The number of thiocarbonyl (C=S) groups is 1. The zero-order valence-electron chi connectivity index (χ0n) is 9.64. The molecule has 0 aromatic carbocycles. The molecule has 0 aliphatic rings. The van der Waals surface area contributed by atoms with Gasteiger partial charge in [-0.2, -0.15) is 0 Å².